The van der Waals surface area contributed by atoms with Crippen molar-refractivity contribution in [2.75, 3.05) is 6.61 Å². The first kappa shape index (κ1) is 13.6. The van der Waals surface area contributed by atoms with Crippen LogP contribution in [-0.4, -0.2) is 11.6 Å². The van der Waals surface area contributed by atoms with Gasteiger partial charge < -0.3 is 10.5 Å². The molecule has 1 heterocycles. The number of nitrogens with two attached hydrogens (primary N) is 1. The van der Waals surface area contributed by atoms with Crippen LogP contribution in [0.4, 0.5) is 0 Å². The molecule has 0 fully saturated rings. The van der Waals surface area contributed by atoms with Gasteiger partial charge in [-0.25, -0.2) is 4.98 Å². The molecular formula is C16H20N2OS. The predicted molar refractivity (Wildman–Crippen MR) is 82.4 cm³/mol. The van der Waals surface area contributed by atoms with Gasteiger partial charge in [-0.1, -0.05) is 18.2 Å². The molecule has 1 unspecified atom stereocenters. The molecule has 0 bridgehead atoms. The van der Waals surface area contributed by atoms with Gasteiger partial charge in [0.25, 0.3) is 0 Å². The lowest BCUT2D eigenvalue weighted by Gasteiger charge is -2.15. The van der Waals surface area contributed by atoms with Crippen molar-refractivity contribution >= 4 is 11.3 Å². The van der Waals surface area contributed by atoms with E-state index in [2.05, 4.69) is 6.07 Å². The van der Waals surface area contributed by atoms with E-state index in [1.807, 2.05) is 36.5 Å². The lowest BCUT2D eigenvalue weighted by molar-refractivity contribution is 0.334. The van der Waals surface area contributed by atoms with E-state index >= 15 is 0 Å². The zero-order valence-corrected chi connectivity index (χ0v) is 12.6. The minimum atomic E-state index is -0.0518. The van der Waals surface area contributed by atoms with Gasteiger partial charge in [0.05, 0.1) is 17.3 Å². The zero-order valence-electron chi connectivity index (χ0n) is 11.8. The molecule has 1 aliphatic carbocycles. The van der Waals surface area contributed by atoms with Gasteiger partial charge in [-0.15, -0.1) is 11.3 Å². The molecule has 1 atom stereocenters. The molecular weight excluding hydrogens is 268 g/mol. The Hall–Kier alpha value is -1.39. The molecule has 2 aromatic rings. The van der Waals surface area contributed by atoms with Crippen LogP contribution in [0.25, 0.3) is 0 Å². The minimum Gasteiger partial charge on any atom is -0.494 e. The van der Waals surface area contributed by atoms with Crippen LogP contribution in [-0.2, 0) is 19.3 Å². The number of nitrogens with zero attached hydrogens (tertiary/aromatic N) is 1. The Morgan fingerprint density at radius 1 is 1.35 bits per heavy atom. The Balaban J connectivity index is 1.76. The first-order chi connectivity index (χ1) is 9.78. The molecule has 106 valence electrons. The van der Waals surface area contributed by atoms with Crippen molar-refractivity contribution in [3.63, 3.8) is 0 Å². The van der Waals surface area contributed by atoms with E-state index in [0.29, 0.717) is 6.61 Å². The van der Waals surface area contributed by atoms with Crippen LogP contribution in [0.2, 0.25) is 0 Å². The third-order valence-electron chi connectivity index (χ3n) is 3.65. The largest absolute Gasteiger partial charge is 0.494 e. The molecule has 0 aliphatic heterocycles. The molecule has 1 aromatic carbocycles. The van der Waals surface area contributed by atoms with Crippen LogP contribution in [0.15, 0.2) is 24.3 Å². The summed E-state index contributed by atoms with van der Waals surface area (Å²) >= 11 is 1.83. The third-order valence-corrected chi connectivity index (χ3v) is 4.83. The molecule has 3 rings (SSSR count). The van der Waals surface area contributed by atoms with Gasteiger partial charge in [0.1, 0.15) is 5.75 Å². The number of fused-ring (bicyclic) bond motifs is 1. The van der Waals surface area contributed by atoms with Gasteiger partial charge in [-0.3, -0.25) is 0 Å². The van der Waals surface area contributed by atoms with E-state index in [4.69, 9.17) is 15.5 Å². The lowest BCUT2D eigenvalue weighted by atomic mass is 10.0. The first-order valence-corrected chi connectivity index (χ1v) is 8.04. The number of aromatic nitrogens is 1. The summed E-state index contributed by atoms with van der Waals surface area (Å²) in [5, 5.41) is 1.16. The zero-order chi connectivity index (χ0) is 13.9. The van der Waals surface area contributed by atoms with Crippen molar-refractivity contribution in [1.82, 2.24) is 4.98 Å². The van der Waals surface area contributed by atoms with Crippen molar-refractivity contribution in [1.29, 1.82) is 0 Å². The highest BCUT2D eigenvalue weighted by molar-refractivity contribution is 7.11. The van der Waals surface area contributed by atoms with Crippen LogP contribution in [0.1, 0.15) is 40.5 Å². The molecule has 4 heteroatoms. The fourth-order valence-corrected chi connectivity index (χ4v) is 3.92. The third kappa shape index (κ3) is 2.72. The number of rotatable bonds is 5. The van der Waals surface area contributed by atoms with Gasteiger partial charge in [0, 0.05) is 22.9 Å². The topological polar surface area (TPSA) is 48.1 Å². The summed E-state index contributed by atoms with van der Waals surface area (Å²) in [6.07, 6.45) is 4.38. The fourth-order valence-electron chi connectivity index (χ4n) is 2.70. The molecule has 0 radical (unpaired) electrons. The number of hydrogen-bond donors (Lipinski definition) is 1. The second kappa shape index (κ2) is 5.94. The number of thiazole rings is 1. The molecule has 0 amide bonds. The van der Waals surface area contributed by atoms with Gasteiger partial charge in [-0.2, -0.15) is 0 Å². The van der Waals surface area contributed by atoms with Crippen molar-refractivity contribution in [2.45, 2.75) is 38.6 Å². The average Bonchev–Trinajstić information content (AvgIpc) is 3.00. The maximum atomic E-state index is 6.36. The number of aryl methyl sites for hydroxylation is 2. The van der Waals surface area contributed by atoms with Gasteiger partial charge in [0.15, 0.2) is 0 Å². The number of ether oxygens (including phenoxy) is 1. The molecule has 0 saturated heterocycles. The summed E-state index contributed by atoms with van der Waals surface area (Å²) in [5.41, 5.74) is 8.74. The second-order valence-electron chi connectivity index (χ2n) is 5.11. The molecule has 20 heavy (non-hydrogen) atoms. The quantitative estimate of drug-likeness (QED) is 0.918. The van der Waals surface area contributed by atoms with Crippen LogP contribution in [0.3, 0.4) is 0 Å². The summed E-state index contributed by atoms with van der Waals surface area (Å²) < 4.78 is 5.66. The van der Waals surface area contributed by atoms with E-state index in [1.54, 1.807) is 0 Å². The average molecular weight is 288 g/mol. The Kier molecular flexibility index (Phi) is 4.03. The SMILES string of the molecule is CCOc1ccccc1C(N)Cc1nc2c(s1)CCC2. The van der Waals surface area contributed by atoms with Crippen molar-refractivity contribution in [3.8, 4) is 5.75 Å². The Morgan fingerprint density at radius 2 is 2.20 bits per heavy atom. The van der Waals surface area contributed by atoms with E-state index in [0.717, 1.165) is 29.2 Å². The van der Waals surface area contributed by atoms with Gasteiger partial charge in [0.2, 0.25) is 0 Å². The maximum absolute atomic E-state index is 6.36. The van der Waals surface area contributed by atoms with E-state index in [9.17, 15) is 0 Å². The maximum Gasteiger partial charge on any atom is 0.124 e. The predicted octanol–water partition coefficient (Wildman–Crippen LogP) is 3.27. The van der Waals surface area contributed by atoms with E-state index < -0.39 is 0 Å². The molecule has 0 saturated carbocycles. The highest BCUT2D eigenvalue weighted by atomic mass is 32.1. The van der Waals surface area contributed by atoms with Crippen molar-refractivity contribution in [2.24, 2.45) is 5.73 Å². The monoisotopic (exact) mass is 288 g/mol. The molecule has 3 nitrogen and oxygen atoms in total. The van der Waals surface area contributed by atoms with Crippen LogP contribution in [0, 0.1) is 0 Å². The summed E-state index contributed by atoms with van der Waals surface area (Å²) in [6, 6.07) is 7.99. The smallest absolute Gasteiger partial charge is 0.124 e. The summed E-state index contributed by atoms with van der Waals surface area (Å²) in [7, 11) is 0. The van der Waals surface area contributed by atoms with Crippen LogP contribution >= 0.6 is 11.3 Å². The van der Waals surface area contributed by atoms with E-state index in [1.165, 1.54) is 23.4 Å². The minimum absolute atomic E-state index is 0.0518. The van der Waals surface area contributed by atoms with Crippen molar-refractivity contribution in [3.05, 3.63) is 45.4 Å². The normalized spacial score (nSPS) is 15.1. The summed E-state index contributed by atoms with van der Waals surface area (Å²) in [6.45, 7) is 2.66. The second-order valence-corrected chi connectivity index (χ2v) is 6.28. The molecule has 2 N–H and O–H groups in total. The summed E-state index contributed by atoms with van der Waals surface area (Å²) in [4.78, 5) is 6.19. The molecule has 0 spiro atoms. The van der Waals surface area contributed by atoms with Crippen LogP contribution < -0.4 is 10.5 Å². The fraction of sp³-hybridized carbons (Fsp3) is 0.438. The van der Waals surface area contributed by atoms with Gasteiger partial charge in [-0.05, 0) is 32.3 Å². The molecule has 1 aliphatic rings. The first-order valence-electron chi connectivity index (χ1n) is 7.22. The Labute approximate surface area is 123 Å². The van der Waals surface area contributed by atoms with E-state index in [-0.39, 0.29) is 6.04 Å². The Morgan fingerprint density at radius 3 is 3.00 bits per heavy atom. The molecule has 1 aromatic heterocycles. The van der Waals surface area contributed by atoms with Gasteiger partial charge >= 0.3 is 0 Å². The highest BCUT2D eigenvalue weighted by Crippen LogP contribution is 2.31. The Bertz CT molecular complexity index is 572. The highest BCUT2D eigenvalue weighted by Gasteiger charge is 2.19. The number of benzene rings is 1. The van der Waals surface area contributed by atoms with Crippen LogP contribution in [0.5, 0.6) is 5.75 Å². The lowest BCUT2D eigenvalue weighted by Crippen LogP contribution is -2.14. The number of para-hydroxylation sites is 1. The van der Waals surface area contributed by atoms with Crippen molar-refractivity contribution < 1.29 is 4.74 Å². The standard InChI is InChI=1S/C16H20N2OS/c1-2-19-14-8-4-3-6-11(14)12(17)10-16-18-13-7-5-9-15(13)20-16/h3-4,6,8,12H,2,5,7,9-10,17H2,1H3. The summed E-state index contributed by atoms with van der Waals surface area (Å²) in [5.74, 6) is 0.895. The number of hydrogen-bond acceptors (Lipinski definition) is 4.